The number of nitrogens with zero attached hydrogens (tertiary/aromatic N) is 4. The summed E-state index contributed by atoms with van der Waals surface area (Å²) >= 11 is 9.58. The van der Waals surface area contributed by atoms with Crippen LogP contribution in [0.15, 0.2) is 78.4 Å². The zero-order valence-electron chi connectivity index (χ0n) is 21.1. The van der Waals surface area contributed by atoms with Crippen LogP contribution >= 0.6 is 54.5 Å². The van der Waals surface area contributed by atoms with Gasteiger partial charge in [0.1, 0.15) is 23.5 Å². The van der Waals surface area contributed by atoms with Crippen LogP contribution in [-0.2, 0) is 4.79 Å². The predicted octanol–water partition coefficient (Wildman–Crippen LogP) is 7.99. The Bertz CT molecular complexity index is 1750. The summed E-state index contributed by atoms with van der Waals surface area (Å²) in [7, 11) is 0. The zero-order chi connectivity index (χ0) is 29.7. The highest BCUT2D eigenvalue weighted by molar-refractivity contribution is 9.11. The minimum absolute atomic E-state index is 0.0116. The molecule has 1 N–H and O–H groups in total. The molecule has 42 heavy (non-hydrogen) atoms. The van der Waals surface area contributed by atoms with Gasteiger partial charge >= 0.3 is 0 Å². The summed E-state index contributed by atoms with van der Waals surface area (Å²) in [6.45, 7) is 0. The van der Waals surface area contributed by atoms with Crippen molar-refractivity contribution in [2.45, 2.75) is 24.6 Å². The molecule has 0 aliphatic carbocycles. The monoisotopic (exact) mass is 740 g/mol. The standard InChI is InChI=1S/C28H18Br2F4N4O2S2/c29-24-7-5-22(41-24)21-11-17(35-37(21)19-3-1-13(31)9-15(19)33)28(40)26-18(12-39)36-38(20-4-2-14(32)10-16(20)34)27(26)23-6-8-25(30)42-23/h1-10,12,21,26-28,40H,11H2. The van der Waals surface area contributed by atoms with Crippen LogP contribution in [0.1, 0.15) is 28.3 Å². The van der Waals surface area contributed by atoms with Crippen molar-refractivity contribution < 1.29 is 27.5 Å². The lowest BCUT2D eigenvalue weighted by Crippen LogP contribution is -2.39. The molecule has 4 aromatic rings. The van der Waals surface area contributed by atoms with Gasteiger partial charge in [0.25, 0.3) is 0 Å². The lowest BCUT2D eigenvalue weighted by Gasteiger charge is -2.29. The maximum Gasteiger partial charge on any atom is 0.166 e. The predicted molar refractivity (Wildman–Crippen MR) is 162 cm³/mol. The first-order valence-corrected chi connectivity index (χ1v) is 15.6. The van der Waals surface area contributed by atoms with Gasteiger partial charge in [-0.1, -0.05) is 0 Å². The van der Waals surface area contributed by atoms with Crippen LogP contribution in [0.2, 0.25) is 0 Å². The summed E-state index contributed by atoms with van der Waals surface area (Å²) in [6.07, 6.45) is -0.766. The molecule has 2 aliphatic rings. The fourth-order valence-corrected chi connectivity index (χ4v) is 8.26. The number of aliphatic hydroxyl groups is 1. The number of hydrazone groups is 2. The second-order valence-electron chi connectivity index (χ2n) is 9.53. The quantitative estimate of drug-likeness (QED) is 0.154. The fraction of sp³-hybridized carbons (Fsp3) is 0.179. The van der Waals surface area contributed by atoms with Crippen molar-refractivity contribution in [3.8, 4) is 0 Å². The van der Waals surface area contributed by atoms with E-state index < -0.39 is 47.4 Å². The number of hydrogen-bond donors (Lipinski definition) is 1. The Morgan fingerprint density at radius 3 is 1.93 bits per heavy atom. The van der Waals surface area contributed by atoms with Crippen LogP contribution in [0.4, 0.5) is 28.9 Å². The summed E-state index contributed by atoms with van der Waals surface area (Å²) < 4.78 is 59.1. The van der Waals surface area contributed by atoms with Gasteiger partial charge < -0.3 is 5.11 Å². The maximum atomic E-state index is 15.0. The number of carbonyl (C=O) groups is 1. The molecule has 0 amide bonds. The smallest absolute Gasteiger partial charge is 0.166 e. The maximum absolute atomic E-state index is 15.0. The number of hydrogen-bond acceptors (Lipinski definition) is 8. The number of anilines is 2. The lowest BCUT2D eigenvalue weighted by atomic mass is 9.85. The van der Waals surface area contributed by atoms with E-state index in [1.54, 1.807) is 12.1 Å². The van der Waals surface area contributed by atoms with E-state index in [0.29, 0.717) is 11.2 Å². The van der Waals surface area contributed by atoms with Gasteiger partial charge in [0, 0.05) is 28.3 Å². The summed E-state index contributed by atoms with van der Waals surface area (Å²) in [6, 6.07) is 12.0. The van der Waals surface area contributed by atoms with Crippen molar-refractivity contribution in [3.05, 3.63) is 101 Å². The van der Waals surface area contributed by atoms with E-state index in [9.17, 15) is 27.5 Å². The molecule has 4 heterocycles. The van der Waals surface area contributed by atoms with Crippen LogP contribution in [-0.4, -0.2) is 28.9 Å². The normalized spacial score (nSPS) is 21.1. The molecule has 216 valence electrons. The average molecular weight is 742 g/mol. The molecule has 0 fully saturated rings. The van der Waals surface area contributed by atoms with Crippen LogP contribution in [0.3, 0.4) is 0 Å². The fourth-order valence-electron chi connectivity index (χ4n) is 5.20. The van der Waals surface area contributed by atoms with Crippen LogP contribution in [0.25, 0.3) is 0 Å². The molecular weight excluding hydrogens is 724 g/mol. The van der Waals surface area contributed by atoms with Gasteiger partial charge in [-0.3, -0.25) is 14.8 Å². The van der Waals surface area contributed by atoms with Gasteiger partial charge in [-0.2, -0.15) is 10.2 Å². The minimum Gasteiger partial charge on any atom is -0.386 e. The molecule has 14 heteroatoms. The number of benzene rings is 2. The summed E-state index contributed by atoms with van der Waals surface area (Å²) in [5.41, 5.74) is 0.0994. The number of carbonyl (C=O) groups excluding carboxylic acids is 1. The third-order valence-electron chi connectivity index (χ3n) is 7.03. The van der Waals surface area contributed by atoms with E-state index in [2.05, 4.69) is 42.1 Å². The number of aldehydes is 1. The van der Waals surface area contributed by atoms with E-state index in [1.165, 1.54) is 44.8 Å². The molecule has 0 bridgehead atoms. The average Bonchev–Trinajstić information content (AvgIpc) is 3.73. The summed E-state index contributed by atoms with van der Waals surface area (Å²) in [4.78, 5) is 13.8. The van der Waals surface area contributed by atoms with Gasteiger partial charge in [-0.25, -0.2) is 17.6 Å². The van der Waals surface area contributed by atoms with Crippen molar-refractivity contribution in [2.75, 3.05) is 10.0 Å². The van der Waals surface area contributed by atoms with Gasteiger partial charge in [0.05, 0.1) is 42.7 Å². The molecule has 0 saturated carbocycles. The molecule has 2 aromatic carbocycles. The highest BCUT2D eigenvalue weighted by atomic mass is 79.9. The first-order valence-electron chi connectivity index (χ1n) is 12.4. The SMILES string of the molecule is O=CC1=NN(c2ccc(F)cc2F)C(c2ccc(Br)s2)C1C(O)C1=NN(c2ccc(F)cc2F)C(c2ccc(Br)s2)C1. The van der Waals surface area contributed by atoms with Crippen molar-refractivity contribution >= 4 is 83.6 Å². The third-order valence-corrected chi connectivity index (χ3v) is 10.4. The Kier molecular flexibility index (Phi) is 8.09. The molecule has 2 aliphatic heterocycles. The highest BCUT2D eigenvalue weighted by Gasteiger charge is 2.48. The third kappa shape index (κ3) is 5.34. The Balaban J connectivity index is 1.43. The second-order valence-corrected chi connectivity index (χ2v) is 14.5. The Morgan fingerprint density at radius 2 is 1.40 bits per heavy atom. The Labute approximate surface area is 261 Å². The summed E-state index contributed by atoms with van der Waals surface area (Å²) in [5.74, 6) is -4.25. The number of aliphatic hydroxyl groups excluding tert-OH is 1. The molecule has 6 rings (SSSR count). The summed E-state index contributed by atoms with van der Waals surface area (Å²) in [5, 5.41) is 23.5. The highest BCUT2D eigenvalue weighted by Crippen LogP contribution is 2.47. The minimum atomic E-state index is -1.41. The zero-order valence-corrected chi connectivity index (χ0v) is 25.9. The molecule has 0 saturated heterocycles. The Morgan fingerprint density at radius 1 is 0.833 bits per heavy atom. The molecule has 0 spiro atoms. The first kappa shape index (κ1) is 29.2. The number of rotatable bonds is 7. The molecule has 6 nitrogen and oxygen atoms in total. The molecule has 2 aromatic heterocycles. The molecular formula is C28H18Br2F4N4O2S2. The van der Waals surface area contributed by atoms with Gasteiger partial charge in [-0.05, 0) is 80.4 Å². The van der Waals surface area contributed by atoms with Crippen molar-refractivity contribution in [2.24, 2.45) is 16.1 Å². The van der Waals surface area contributed by atoms with E-state index in [4.69, 9.17) is 0 Å². The second kappa shape index (κ2) is 11.6. The lowest BCUT2D eigenvalue weighted by molar-refractivity contribution is -0.103. The number of halogens is 6. The Hall–Kier alpha value is -2.91. The van der Waals surface area contributed by atoms with E-state index >= 15 is 0 Å². The van der Waals surface area contributed by atoms with Crippen molar-refractivity contribution in [1.29, 1.82) is 0 Å². The molecule has 4 atom stereocenters. The van der Waals surface area contributed by atoms with Crippen molar-refractivity contribution in [3.63, 3.8) is 0 Å². The van der Waals surface area contributed by atoms with Crippen LogP contribution < -0.4 is 10.0 Å². The largest absolute Gasteiger partial charge is 0.386 e. The van der Waals surface area contributed by atoms with E-state index in [-0.39, 0.29) is 29.2 Å². The van der Waals surface area contributed by atoms with Gasteiger partial charge in [-0.15, -0.1) is 22.7 Å². The molecule has 0 radical (unpaired) electrons. The van der Waals surface area contributed by atoms with Gasteiger partial charge in [0.15, 0.2) is 17.9 Å². The van der Waals surface area contributed by atoms with E-state index in [1.807, 2.05) is 12.1 Å². The van der Waals surface area contributed by atoms with E-state index in [0.717, 1.165) is 36.7 Å². The van der Waals surface area contributed by atoms with Gasteiger partial charge in [0.2, 0.25) is 0 Å². The first-order chi connectivity index (χ1) is 20.1. The molecule has 4 unspecified atom stereocenters. The van der Waals surface area contributed by atoms with Crippen molar-refractivity contribution in [1.82, 2.24) is 0 Å². The van der Waals surface area contributed by atoms with Crippen LogP contribution in [0.5, 0.6) is 0 Å². The topological polar surface area (TPSA) is 68.5 Å². The van der Waals surface area contributed by atoms with Crippen LogP contribution in [0, 0.1) is 29.2 Å². The number of thiophene rings is 2.